The summed E-state index contributed by atoms with van der Waals surface area (Å²) in [4.78, 5) is 0.116. The molecule has 3 aromatic carbocycles. The average molecular weight is 439 g/mol. The second-order valence-electron chi connectivity index (χ2n) is 6.99. The van der Waals surface area contributed by atoms with Crippen LogP contribution in [-0.2, 0) is 10.0 Å². The number of sulfonamides is 1. The van der Waals surface area contributed by atoms with E-state index in [1.807, 2.05) is 18.2 Å². The summed E-state index contributed by atoms with van der Waals surface area (Å²) < 4.78 is 34.2. The number of hydrogen-bond acceptors (Lipinski definition) is 5. The third kappa shape index (κ3) is 5.86. The standard InChI is InChI=1S/C24H26N2O4S/c1-2-3-9-18-30-20-14-16-21(17-15-20)31(28,29)26-23-13-8-7-12-22(23)24(25-27)19-10-5-4-6-11-19/h4-8,10-17,26-27H,2-3,9,18H2,1H3/b25-24-. The lowest BCUT2D eigenvalue weighted by atomic mass is 10.0. The molecule has 7 heteroatoms. The van der Waals surface area contributed by atoms with Crippen molar-refractivity contribution in [1.29, 1.82) is 0 Å². The fourth-order valence-corrected chi connectivity index (χ4v) is 4.18. The van der Waals surface area contributed by atoms with Crippen LogP contribution in [0.3, 0.4) is 0 Å². The van der Waals surface area contributed by atoms with Crippen molar-refractivity contribution >= 4 is 21.4 Å². The minimum Gasteiger partial charge on any atom is -0.494 e. The maximum Gasteiger partial charge on any atom is 0.261 e. The molecule has 3 rings (SSSR count). The van der Waals surface area contributed by atoms with Crippen molar-refractivity contribution in [3.63, 3.8) is 0 Å². The molecule has 0 aliphatic carbocycles. The second kappa shape index (κ2) is 10.6. The molecule has 0 heterocycles. The minimum atomic E-state index is -3.85. The quantitative estimate of drug-likeness (QED) is 0.195. The van der Waals surface area contributed by atoms with Gasteiger partial charge in [0.25, 0.3) is 10.0 Å². The van der Waals surface area contributed by atoms with E-state index in [2.05, 4.69) is 16.8 Å². The molecular formula is C24H26N2O4S. The molecule has 3 aromatic rings. The van der Waals surface area contributed by atoms with Gasteiger partial charge in [-0.3, -0.25) is 4.72 Å². The van der Waals surface area contributed by atoms with Gasteiger partial charge in [-0.25, -0.2) is 8.42 Å². The lowest BCUT2D eigenvalue weighted by Crippen LogP contribution is -2.16. The zero-order chi connectivity index (χ0) is 22.1. The molecule has 0 aromatic heterocycles. The Morgan fingerprint density at radius 1 is 0.935 bits per heavy atom. The molecule has 0 saturated carbocycles. The van der Waals surface area contributed by atoms with E-state index in [4.69, 9.17) is 4.74 Å². The summed E-state index contributed by atoms with van der Waals surface area (Å²) in [6.07, 6.45) is 3.17. The van der Waals surface area contributed by atoms with Gasteiger partial charge in [0, 0.05) is 11.1 Å². The maximum atomic E-state index is 13.0. The highest BCUT2D eigenvalue weighted by atomic mass is 32.2. The number of ether oxygens (including phenoxy) is 1. The molecular weight excluding hydrogens is 412 g/mol. The van der Waals surface area contributed by atoms with E-state index >= 15 is 0 Å². The molecule has 0 unspecified atom stereocenters. The number of nitrogens with zero attached hydrogens (tertiary/aromatic N) is 1. The first kappa shape index (κ1) is 22.4. The molecule has 0 radical (unpaired) electrons. The molecule has 0 bridgehead atoms. The van der Waals surface area contributed by atoms with Gasteiger partial charge < -0.3 is 9.94 Å². The molecule has 162 valence electrons. The van der Waals surface area contributed by atoms with E-state index in [-0.39, 0.29) is 10.6 Å². The molecule has 31 heavy (non-hydrogen) atoms. The summed E-state index contributed by atoms with van der Waals surface area (Å²) in [7, 11) is -3.85. The fourth-order valence-electron chi connectivity index (χ4n) is 3.10. The van der Waals surface area contributed by atoms with E-state index in [0.29, 0.717) is 29.2 Å². The molecule has 0 saturated heterocycles. The van der Waals surface area contributed by atoms with Crippen molar-refractivity contribution in [3.05, 3.63) is 90.0 Å². The Morgan fingerprint density at radius 2 is 1.61 bits per heavy atom. The highest BCUT2D eigenvalue weighted by Crippen LogP contribution is 2.24. The molecule has 0 aliphatic heterocycles. The molecule has 0 fully saturated rings. The molecule has 0 amide bonds. The Kier molecular flexibility index (Phi) is 7.67. The van der Waals surface area contributed by atoms with E-state index < -0.39 is 10.0 Å². The first-order valence-corrected chi connectivity index (χ1v) is 11.7. The number of nitrogens with one attached hydrogen (secondary N) is 1. The van der Waals surface area contributed by atoms with Gasteiger partial charge in [0.1, 0.15) is 11.5 Å². The Morgan fingerprint density at radius 3 is 2.29 bits per heavy atom. The topological polar surface area (TPSA) is 88.0 Å². The van der Waals surface area contributed by atoms with Gasteiger partial charge in [-0.2, -0.15) is 0 Å². The Bertz CT molecular complexity index is 1110. The third-order valence-corrected chi connectivity index (χ3v) is 6.11. The second-order valence-corrected chi connectivity index (χ2v) is 8.68. The first-order chi connectivity index (χ1) is 15.0. The van der Waals surface area contributed by atoms with Gasteiger partial charge in [-0.1, -0.05) is 73.5 Å². The third-order valence-electron chi connectivity index (χ3n) is 4.72. The van der Waals surface area contributed by atoms with Crippen molar-refractivity contribution in [2.75, 3.05) is 11.3 Å². The first-order valence-electron chi connectivity index (χ1n) is 10.2. The largest absolute Gasteiger partial charge is 0.494 e. The zero-order valence-corrected chi connectivity index (χ0v) is 18.2. The summed E-state index contributed by atoms with van der Waals surface area (Å²) in [5, 5.41) is 13.0. The molecule has 0 spiro atoms. The predicted octanol–water partition coefficient (Wildman–Crippen LogP) is 5.28. The number of para-hydroxylation sites is 1. The normalized spacial score (nSPS) is 11.8. The highest BCUT2D eigenvalue weighted by molar-refractivity contribution is 7.92. The lowest BCUT2D eigenvalue weighted by Gasteiger charge is -2.14. The molecule has 2 N–H and O–H groups in total. The van der Waals surface area contributed by atoms with Gasteiger partial charge in [0.2, 0.25) is 0 Å². The SMILES string of the molecule is CCCCCOc1ccc(S(=O)(=O)Nc2ccccc2/C(=N\O)c2ccccc2)cc1. The summed E-state index contributed by atoms with van der Waals surface area (Å²) in [5.41, 5.74) is 1.73. The number of unbranched alkanes of at least 4 members (excludes halogenated alkanes) is 2. The average Bonchev–Trinajstić information content (AvgIpc) is 2.79. The van der Waals surface area contributed by atoms with E-state index in [0.717, 1.165) is 19.3 Å². The van der Waals surface area contributed by atoms with Crippen LogP contribution in [0.25, 0.3) is 0 Å². The van der Waals surface area contributed by atoms with Crippen LogP contribution in [0.1, 0.15) is 37.3 Å². The monoisotopic (exact) mass is 438 g/mol. The number of oxime groups is 1. The molecule has 0 aliphatic rings. The predicted molar refractivity (Wildman–Crippen MR) is 123 cm³/mol. The number of anilines is 1. The highest BCUT2D eigenvalue weighted by Gasteiger charge is 2.19. The molecule has 0 atom stereocenters. The lowest BCUT2D eigenvalue weighted by molar-refractivity contribution is 0.306. The summed E-state index contributed by atoms with van der Waals surface area (Å²) >= 11 is 0. The summed E-state index contributed by atoms with van der Waals surface area (Å²) in [6.45, 7) is 2.73. The van der Waals surface area contributed by atoms with E-state index in [9.17, 15) is 13.6 Å². The summed E-state index contributed by atoms with van der Waals surface area (Å²) in [5.74, 6) is 0.634. The van der Waals surface area contributed by atoms with Crippen LogP contribution in [0.2, 0.25) is 0 Å². The van der Waals surface area contributed by atoms with Crippen LogP contribution in [0, 0.1) is 0 Å². The maximum absolute atomic E-state index is 13.0. The van der Waals surface area contributed by atoms with Crippen molar-refractivity contribution in [2.45, 2.75) is 31.1 Å². The van der Waals surface area contributed by atoms with Crippen LogP contribution in [0.4, 0.5) is 5.69 Å². The van der Waals surface area contributed by atoms with Gasteiger partial charge in [-0.05, 0) is 36.8 Å². The summed E-state index contributed by atoms with van der Waals surface area (Å²) in [6, 6.07) is 22.2. The van der Waals surface area contributed by atoms with Crippen molar-refractivity contribution < 1.29 is 18.4 Å². The van der Waals surface area contributed by atoms with E-state index in [1.54, 1.807) is 48.5 Å². The van der Waals surface area contributed by atoms with Crippen LogP contribution in [0.5, 0.6) is 5.75 Å². The fraction of sp³-hybridized carbons (Fsp3) is 0.208. The van der Waals surface area contributed by atoms with E-state index in [1.165, 1.54) is 12.1 Å². The number of benzene rings is 3. The smallest absolute Gasteiger partial charge is 0.261 e. The van der Waals surface area contributed by atoms with Crippen molar-refractivity contribution in [3.8, 4) is 5.75 Å². The van der Waals surface area contributed by atoms with Crippen LogP contribution >= 0.6 is 0 Å². The van der Waals surface area contributed by atoms with Gasteiger partial charge in [-0.15, -0.1) is 0 Å². The Hall–Kier alpha value is -3.32. The Balaban J connectivity index is 1.81. The van der Waals surface area contributed by atoms with Gasteiger partial charge >= 0.3 is 0 Å². The van der Waals surface area contributed by atoms with Crippen molar-refractivity contribution in [1.82, 2.24) is 0 Å². The van der Waals surface area contributed by atoms with Crippen molar-refractivity contribution in [2.24, 2.45) is 5.16 Å². The molecule has 6 nitrogen and oxygen atoms in total. The van der Waals surface area contributed by atoms with Crippen LogP contribution < -0.4 is 9.46 Å². The number of hydrogen-bond donors (Lipinski definition) is 2. The van der Waals surface area contributed by atoms with Crippen LogP contribution in [-0.4, -0.2) is 25.9 Å². The minimum absolute atomic E-state index is 0.116. The van der Waals surface area contributed by atoms with Gasteiger partial charge in [0.05, 0.1) is 17.2 Å². The number of rotatable bonds is 10. The Labute approximate surface area is 183 Å². The van der Waals surface area contributed by atoms with Crippen LogP contribution in [0.15, 0.2) is 88.9 Å². The zero-order valence-electron chi connectivity index (χ0n) is 17.4. The van der Waals surface area contributed by atoms with Gasteiger partial charge in [0.15, 0.2) is 0 Å².